The Labute approximate surface area is 265 Å². The van der Waals surface area contributed by atoms with Gasteiger partial charge in [-0.2, -0.15) is 0 Å². The van der Waals surface area contributed by atoms with Crippen LogP contribution in [0.4, 0.5) is 0 Å². The van der Waals surface area contributed by atoms with E-state index in [2.05, 4.69) is 153 Å². The zero-order chi connectivity index (χ0) is 29.7. The van der Waals surface area contributed by atoms with E-state index in [1.54, 1.807) is 0 Å². The van der Waals surface area contributed by atoms with Gasteiger partial charge < -0.3 is 13.4 Å². The summed E-state index contributed by atoms with van der Waals surface area (Å²) in [6, 6.07) is 52.0. The molecule has 0 saturated heterocycles. The molecule has 0 fully saturated rings. The second kappa shape index (κ2) is 8.05. The van der Waals surface area contributed by atoms with Gasteiger partial charge in [0.25, 0.3) is 0 Å². The van der Waals surface area contributed by atoms with Crippen molar-refractivity contribution in [1.29, 1.82) is 0 Å². The number of benzene rings is 7. The lowest BCUT2D eigenvalue weighted by atomic mass is 10.1. The maximum Gasteiger partial charge on any atom is 0.0640 e. The third-order valence-corrected chi connectivity index (χ3v) is 11.6. The highest BCUT2D eigenvalue weighted by Gasteiger charge is 2.23. The number of hydrogen-bond donors (Lipinski definition) is 0. The van der Waals surface area contributed by atoms with Gasteiger partial charge in [0.05, 0.1) is 54.5 Å². The molecule has 0 radical (unpaired) electrons. The molecule has 0 N–H and O–H groups in total. The highest BCUT2D eigenvalue weighted by molar-refractivity contribution is 7.26. The molecule has 12 aromatic rings. The molecular weight excluding hydrogens is 579 g/mol. The number of para-hydroxylation sites is 2. The molecule has 5 heterocycles. The van der Waals surface area contributed by atoms with Crippen LogP contribution in [0.5, 0.6) is 0 Å². The Hall–Kier alpha value is -5.84. The molecule has 2 bridgehead atoms. The molecule has 3 nitrogen and oxygen atoms in total. The fourth-order valence-electron chi connectivity index (χ4n) is 8.56. The number of hydrogen-bond acceptors (Lipinski definition) is 1. The van der Waals surface area contributed by atoms with E-state index < -0.39 is 0 Å². The van der Waals surface area contributed by atoms with Gasteiger partial charge in [-0.1, -0.05) is 78.9 Å². The van der Waals surface area contributed by atoms with Crippen molar-refractivity contribution in [2.75, 3.05) is 0 Å². The third kappa shape index (κ3) is 2.64. The summed E-state index contributed by atoms with van der Waals surface area (Å²) in [5, 5.41) is 10.3. The average Bonchev–Trinajstić information content (AvgIpc) is 3.83. The molecule has 0 unspecified atom stereocenters. The minimum atomic E-state index is 1.22. The van der Waals surface area contributed by atoms with E-state index in [0.29, 0.717) is 0 Å². The van der Waals surface area contributed by atoms with Gasteiger partial charge in [0.15, 0.2) is 0 Å². The van der Waals surface area contributed by atoms with E-state index >= 15 is 0 Å². The Morgan fingerprint density at radius 1 is 0.348 bits per heavy atom. The van der Waals surface area contributed by atoms with Gasteiger partial charge in [0.1, 0.15) is 0 Å². The normalized spacial score (nSPS) is 12.8. The van der Waals surface area contributed by atoms with Crippen LogP contribution in [0.15, 0.2) is 140 Å². The Kier molecular flexibility index (Phi) is 4.12. The summed E-state index contributed by atoms with van der Waals surface area (Å²) in [7, 11) is 0. The molecule has 0 aliphatic rings. The monoisotopic (exact) mass is 601 g/mol. The first-order valence-corrected chi connectivity index (χ1v) is 16.6. The number of thiophene rings is 1. The molecular formula is C42H23N3S. The highest BCUT2D eigenvalue weighted by atomic mass is 32.1. The first kappa shape index (κ1) is 23.5. The van der Waals surface area contributed by atoms with E-state index in [9.17, 15) is 0 Å². The molecule has 46 heavy (non-hydrogen) atoms. The van der Waals surface area contributed by atoms with Gasteiger partial charge in [0, 0.05) is 47.8 Å². The van der Waals surface area contributed by atoms with Crippen LogP contribution in [0.3, 0.4) is 0 Å². The van der Waals surface area contributed by atoms with Crippen molar-refractivity contribution < 1.29 is 0 Å². The molecule has 0 atom stereocenters. The Bertz CT molecular complexity index is 3100. The molecule has 7 aromatic carbocycles. The lowest BCUT2D eigenvalue weighted by Gasteiger charge is -2.10. The molecule has 5 aromatic heterocycles. The third-order valence-electron chi connectivity index (χ3n) is 10.3. The second-order valence-electron chi connectivity index (χ2n) is 12.5. The van der Waals surface area contributed by atoms with Crippen LogP contribution >= 0.6 is 11.3 Å². The van der Waals surface area contributed by atoms with Crippen LogP contribution in [0.1, 0.15) is 0 Å². The van der Waals surface area contributed by atoms with Crippen molar-refractivity contribution in [3.8, 4) is 5.69 Å². The minimum Gasteiger partial charge on any atom is -0.308 e. The van der Waals surface area contributed by atoms with Crippen molar-refractivity contribution in [2.45, 2.75) is 0 Å². The molecule has 0 amide bonds. The number of rotatable bonds is 1. The molecule has 4 heteroatoms. The maximum atomic E-state index is 2.52. The summed E-state index contributed by atoms with van der Waals surface area (Å²) < 4.78 is 10.2. The minimum absolute atomic E-state index is 1.22. The predicted octanol–water partition coefficient (Wildman–Crippen LogP) is 11.7. The van der Waals surface area contributed by atoms with Crippen molar-refractivity contribution in [1.82, 2.24) is 13.4 Å². The van der Waals surface area contributed by atoms with Gasteiger partial charge in [-0.15, -0.1) is 11.3 Å². The first-order chi connectivity index (χ1) is 22.8. The second-order valence-corrected chi connectivity index (χ2v) is 13.6. The van der Waals surface area contributed by atoms with Crippen LogP contribution in [-0.2, 0) is 0 Å². The predicted molar refractivity (Wildman–Crippen MR) is 197 cm³/mol. The summed E-state index contributed by atoms with van der Waals surface area (Å²) in [6.45, 7) is 0. The topological polar surface area (TPSA) is 13.8 Å². The average molecular weight is 602 g/mol. The molecule has 0 saturated carbocycles. The van der Waals surface area contributed by atoms with E-state index in [-0.39, 0.29) is 0 Å². The summed E-state index contributed by atoms with van der Waals surface area (Å²) in [5.41, 5.74) is 11.1. The molecule has 0 spiro atoms. The van der Waals surface area contributed by atoms with Gasteiger partial charge in [0.2, 0.25) is 0 Å². The smallest absolute Gasteiger partial charge is 0.0640 e. The Balaban J connectivity index is 1.44. The highest BCUT2D eigenvalue weighted by Crippen LogP contribution is 2.45. The maximum absolute atomic E-state index is 2.52. The largest absolute Gasteiger partial charge is 0.308 e. The van der Waals surface area contributed by atoms with Crippen LogP contribution in [0.2, 0.25) is 0 Å². The molecule has 12 rings (SSSR count). The number of aromatic nitrogens is 3. The number of nitrogens with zero attached hydrogens (tertiary/aromatic N) is 3. The Morgan fingerprint density at radius 2 is 0.848 bits per heavy atom. The standard InChI is InChI=1S/C42H23N3S/c1-4-14-30-24(10-1)28-22-29-25-11-2-5-15-31(25)44-33-17-9-19-35-41(33)40-32(43(30)37(28)23-38(29)44)16-8-18-34(40)45(35)36-20-7-13-27-26-12-3-6-21-39(26)46-42(27)36/h1-23H. The molecule has 0 aliphatic heterocycles. The fourth-order valence-corrected chi connectivity index (χ4v) is 9.77. The van der Waals surface area contributed by atoms with E-state index in [0.717, 1.165) is 0 Å². The van der Waals surface area contributed by atoms with Crippen LogP contribution < -0.4 is 0 Å². The van der Waals surface area contributed by atoms with Crippen molar-refractivity contribution in [2.24, 2.45) is 0 Å². The van der Waals surface area contributed by atoms with Crippen molar-refractivity contribution in [3.63, 3.8) is 0 Å². The zero-order valence-electron chi connectivity index (χ0n) is 24.5. The van der Waals surface area contributed by atoms with Gasteiger partial charge in [-0.05, 0) is 60.7 Å². The van der Waals surface area contributed by atoms with Crippen molar-refractivity contribution in [3.05, 3.63) is 140 Å². The first-order valence-electron chi connectivity index (χ1n) is 15.8. The Morgan fingerprint density at radius 3 is 1.50 bits per heavy atom. The summed E-state index contributed by atoms with van der Waals surface area (Å²) in [6.07, 6.45) is 0. The van der Waals surface area contributed by atoms with Crippen LogP contribution in [0.25, 0.3) is 102 Å². The van der Waals surface area contributed by atoms with E-state index in [4.69, 9.17) is 0 Å². The quantitative estimate of drug-likeness (QED) is 0.178. The van der Waals surface area contributed by atoms with Gasteiger partial charge >= 0.3 is 0 Å². The van der Waals surface area contributed by atoms with E-state index in [1.165, 1.54) is 102 Å². The number of fused-ring (bicyclic) bond motifs is 11. The van der Waals surface area contributed by atoms with Crippen LogP contribution in [-0.4, -0.2) is 13.4 Å². The van der Waals surface area contributed by atoms with Gasteiger partial charge in [-0.3, -0.25) is 0 Å². The fraction of sp³-hybridized carbons (Fsp3) is 0. The van der Waals surface area contributed by atoms with Gasteiger partial charge in [-0.25, -0.2) is 0 Å². The van der Waals surface area contributed by atoms with E-state index in [1.807, 2.05) is 11.3 Å². The summed E-state index contributed by atoms with van der Waals surface area (Å²) in [5.74, 6) is 0. The molecule has 0 aliphatic carbocycles. The van der Waals surface area contributed by atoms with Crippen LogP contribution in [0, 0.1) is 0 Å². The summed E-state index contributed by atoms with van der Waals surface area (Å²) >= 11 is 1.89. The van der Waals surface area contributed by atoms with Crippen molar-refractivity contribution >= 4 is 108 Å². The molecule has 212 valence electrons. The lowest BCUT2D eigenvalue weighted by molar-refractivity contribution is 1.20. The zero-order valence-corrected chi connectivity index (χ0v) is 25.3. The lowest BCUT2D eigenvalue weighted by Crippen LogP contribution is -1.94. The summed E-state index contributed by atoms with van der Waals surface area (Å²) in [4.78, 5) is 0. The SMILES string of the molecule is c1ccc2c(c1)sc1c(-n3c4cccc5c4c4c3cccc4n3c4ccccc4c4cc6c7ccccc7n5c6cc43)cccc12.